The molecular weight excluding hydrogens is 457 g/mol. The number of anilines is 1. The van der Waals surface area contributed by atoms with Gasteiger partial charge in [0, 0.05) is 13.1 Å². The normalized spacial score (nSPS) is 15.6. The van der Waals surface area contributed by atoms with Gasteiger partial charge < -0.3 is 5.32 Å². The van der Waals surface area contributed by atoms with E-state index in [1.165, 1.54) is 36.6 Å². The van der Waals surface area contributed by atoms with Crippen molar-refractivity contribution >= 4 is 44.8 Å². The number of halogens is 2. The Kier molecular flexibility index (Phi) is 7.86. The van der Waals surface area contributed by atoms with Gasteiger partial charge in [-0.1, -0.05) is 47.5 Å². The molecule has 0 aliphatic carbocycles. The molecule has 6 nitrogen and oxygen atoms in total. The van der Waals surface area contributed by atoms with Gasteiger partial charge in [-0.2, -0.15) is 0 Å². The van der Waals surface area contributed by atoms with E-state index >= 15 is 0 Å². The number of rotatable bonds is 8. The van der Waals surface area contributed by atoms with Crippen molar-refractivity contribution < 1.29 is 13.2 Å². The van der Waals surface area contributed by atoms with Crippen molar-refractivity contribution in [2.45, 2.75) is 38.9 Å². The molecule has 2 aromatic rings. The zero-order valence-electron chi connectivity index (χ0n) is 17.6. The van der Waals surface area contributed by atoms with Crippen LogP contribution in [-0.4, -0.2) is 44.6 Å². The Balaban J connectivity index is 1.68. The molecule has 9 heteroatoms. The first-order valence-electron chi connectivity index (χ1n) is 10.2. The number of sulfonamides is 1. The molecule has 0 unspecified atom stereocenters. The third-order valence-electron chi connectivity index (χ3n) is 5.31. The second kappa shape index (κ2) is 10.2. The van der Waals surface area contributed by atoms with Crippen molar-refractivity contribution in [3.05, 3.63) is 63.6 Å². The van der Waals surface area contributed by atoms with Gasteiger partial charge in [-0.15, -0.1) is 0 Å². The van der Waals surface area contributed by atoms with Gasteiger partial charge >= 0.3 is 0 Å². The SMILES string of the molecule is C[C@@H](C(=O)NCc1cccc(CN2CCCC2)c1)N(c1ccc(Cl)c(Cl)c1)S(C)(=O)=O. The van der Waals surface area contributed by atoms with Crippen LogP contribution in [0.4, 0.5) is 5.69 Å². The zero-order valence-corrected chi connectivity index (χ0v) is 20.0. The van der Waals surface area contributed by atoms with Crippen molar-refractivity contribution in [1.29, 1.82) is 0 Å². The topological polar surface area (TPSA) is 69.7 Å². The largest absolute Gasteiger partial charge is 0.350 e. The van der Waals surface area contributed by atoms with Gasteiger partial charge in [0.1, 0.15) is 6.04 Å². The average molecular weight is 484 g/mol. The van der Waals surface area contributed by atoms with Crippen molar-refractivity contribution in [2.24, 2.45) is 0 Å². The van der Waals surface area contributed by atoms with Gasteiger partial charge in [-0.3, -0.25) is 14.0 Å². The van der Waals surface area contributed by atoms with Crippen LogP contribution in [-0.2, 0) is 27.9 Å². The van der Waals surface area contributed by atoms with Gasteiger partial charge in [0.05, 0.1) is 22.0 Å². The van der Waals surface area contributed by atoms with Crippen molar-refractivity contribution in [2.75, 3.05) is 23.7 Å². The summed E-state index contributed by atoms with van der Waals surface area (Å²) in [4.78, 5) is 15.2. The Hall–Kier alpha value is -1.80. The van der Waals surface area contributed by atoms with Crippen LogP contribution >= 0.6 is 23.2 Å². The first kappa shape index (κ1) is 23.9. The highest BCUT2D eigenvalue weighted by Gasteiger charge is 2.29. The van der Waals surface area contributed by atoms with E-state index in [-0.39, 0.29) is 10.7 Å². The smallest absolute Gasteiger partial charge is 0.243 e. The van der Waals surface area contributed by atoms with E-state index in [9.17, 15) is 13.2 Å². The van der Waals surface area contributed by atoms with Crippen molar-refractivity contribution in [3.63, 3.8) is 0 Å². The maximum atomic E-state index is 12.8. The number of benzene rings is 2. The standard InChI is InChI=1S/C22H27Cl2N3O3S/c1-16(27(31(2,29)30)19-8-9-20(23)21(24)13-19)22(28)25-14-17-6-5-7-18(12-17)15-26-10-3-4-11-26/h5-9,12-13,16H,3-4,10-11,14-15H2,1-2H3,(H,25,28)/t16-/m0/s1. The number of carbonyl (C=O) groups is 1. The quantitative estimate of drug-likeness (QED) is 0.614. The van der Waals surface area contributed by atoms with Crippen LogP contribution in [0.1, 0.15) is 30.9 Å². The summed E-state index contributed by atoms with van der Waals surface area (Å²) in [5, 5.41) is 3.38. The Morgan fingerprint density at radius 1 is 1.10 bits per heavy atom. The van der Waals surface area contributed by atoms with Crippen LogP contribution in [0.15, 0.2) is 42.5 Å². The van der Waals surface area contributed by atoms with Crippen LogP contribution in [0.5, 0.6) is 0 Å². The van der Waals surface area contributed by atoms with Gasteiger partial charge in [-0.05, 0) is 62.2 Å². The molecule has 0 saturated carbocycles. The van der Waals surface area contributed by atoms with E-state index in [0.717, 1.165) is 35.8 Å². The molecule has 3 rings (SSSR count). The third kappa shape index (κ3) is 6.35. The second-order valence-electron chi connectivity index (χ2n) is 7.85. The minimum absolute atomic E-state index is 0.218. The fourth-order valence-electron chi connectivity index (χ4n) is 3.80. The molecule has 1 N–H and O–H groups in total. The number of carbonyl (C=O) groups excluding carboxylic acids is 1. The Bertz CT molecular complexity index is 1040. The number of likely N-dealkylation sites (tertiary alicyclic amines) is 1. The Morgan fingerprint density at radius 2 is 1.77 bits per heavy atom. The lowest BCUT2D eigenvalue weighted by atomic mass is 10.1. The lowest BCUT2D eigenvalue weighted by Gasteiger charge is -2.28. The summed E-state index contributed by atoms with van der Waals surface area (Å²) >= 11 is 12.0. The minimum Gasteiger partial charge on any atom is -0.350 e. The van der Waals surface area contributed by atoms with Crippen LogP contribution < -0.4 is 9.62 Å². The first-order chi connectivity index (χ1) is 14.6. The Morgan fingerprint density at radius 3 is 2.42 bits per heavy atom. The monoisotopic (exact) mass is 483 g/mol. The number of amides is 1. The molecular formula is C22H27Cl2N3O3S. The summed E-state index contributed by atoms with van der Waals surface area (Å²) in [5.74, 6) is -0.401. The van der Waals surface area contributed by atoms with Crippen molar-refractivity contribution in [3.8, 4) is 0 Å². The van der Waals surface area contributed by atoms with Crippen LogP contribution in [0.2, 0.25) is 10.0 Å². The van der Waals surface area contributed by atoms with Gasteiger partial charge in [0.25, 0.3) is 0 Å². The lowest BCUT2D eigenvalue weighted by molar-refractivity contribution is -0.122. The molecule has 1 aliphatic rings. The molecule has 1 amide bonds. The highest BCUT2D eigenvalue weighted by molar-refractivity contribution is 7.92. The maximum absolute atomic E-state index is 12.8. The summed E-state index contributed by atoms with van der Waals surface area (Å²) in [6.07, 6.45) is 3.54. The molecule has 31 heavy (non-hydrogen) atoms. The molecule has 0 bridgehead atoms. The maximum Gasteiger partial charge on any atom is 0.243 e. The van der Waals surface area contributed by atoms with Crippen LogP contribution in [0.3, 0.4) is 0 Å². The summed E-state index contributed by atoms with van der Waals surface area (Å²) in [6.45, 7) is 5.00. The average Bonchev–Trinajstić information content (AvgIpc) is 3.21. The number of hydrogen-bond donors (Lipinski definition) is 1. The van der Waals surface area contributed by atoms with E-state index in [1.54, 1.807) is 6.92 Å². The molecule has 168 valence electrons. The van der Waals surface area contributed by atoms with Crippen LogP contribution in [0, 0.1) is 0 Å². The molecule has 0 aromatic heterocycles. The minimum atomic E-state index is -3.73. The first-order valence-corrected chi connectivity index (χ1v) is 12.8. The van der Waals surface area contributed by atoms with Crippen molar-refractivity contribution in [1.82, 2.24) is 10.2 Å². The summed E-state index contributed by atoms with van der Waals surface area (Å²) in [5.41, 5.74) is 2.46. The summed E-state index contributed by atoms with van der Waals surface area (Å²) < 4.78 is 25.9. The lowest BCUT2D eigenvalue weighted by Crippen LogP contribution is -2.47. The number of hydrogen-bond acceptors (Lipinski definition) is 4. The Labute approximate surface area is 194 Å². The molecule has 1 atom stereocenters. The highest BCUT2D eigenvalue weighted by atomic mass is 35.5. The highest BCUT2D eigenvalue weighted by Crippen LogP contribution is 2.29. The van der Waals surface area contributed by atoms with E-state index in [2.05, 4.69) is 22.3 Å². The predicted octanol–water partition coefficient (Wildman–Crippen LogP) is 4.06. The molecule has 1 fully saturated rings. The fourth-order valence-corrected chi connectivity index (χ4v) is 5.26. The molecule has 1 heterocycles. The van der Waals surface area contributed by atoms with Gasteiger partial charge in [0.2, 0.25) is 15.9 Å². The number of nitrogens with one attached hydrogen (secondary N) is 1. The van der Waals surface area contributed by atoms with E-state index in [1.807, 2.05) is 12.1 Å². The van der Waals surface area contributed by atoms with Crippen LogP contribution in [0.25, 0.3) is 0 Å². The summed E-state index contributed by atoms with van der Waals surface area (Å²) in [7, 11) is -3.73. The second-order valence-corrected chi connectivity index (χ2v) is 10.5. The molecule has 0 radical (unpaired) electrons. The molecule has 1 aliphatic heterocycles. The number of nitrogens with zero attached hydrogens (tertiary/aromatic N) is 2. The zero-order chi connectivity index (χ0) is 22.6. The molecule has 0 spiro atoms. The third-order valence-corrected chi connectivity index (χ3v) is 7.29. The predicted molar refractivity (Wildman–Crippen MR) is 126 cm³/mol. The fraction of sp³-hybridized carbons (Fsp3) is 0.409. The van der Waals surface area contributed by atoms with E-state index < -0.39 is 22.0 Å². The van der Waals surface area contributed by atoms with Gasteiger partial charge in [0.15, 0.2) is 0 Å². The van der Waals surface area contributed by atoms with Gasteiger partial charge in [-0.25, -0.2) is 8.42 Å². The molecule has 1 saturated heterocycles. The van der Waals surface area contributed by atoms with E-state index in [4.69, 9.17) is 23.2 Å². The summed E-state index contributed by atoms with van der Waals surface area (Å²) in [6, 6.07) is 11.6. The molecule has 2 aromatic carbocycles. The van der Waals surface area contributed by atoms with E-state index in [0.29, 0.717) is 11.6 Å².